The molecule has 8 heteroatoms. The van der Waals surface area contributed by atoms with Gasteiger partial charge in [-0.25, -0.2) is 4.79 Å². The van der Waals surface area contributed by atoms with Gasteiger partial charge in [0.05, 0.1) is 6.54 Å². The van der Waals surface area contributed by atoms with E-state index in [-0.39, 0.29) is 5.41 Å². The van der Waals surface area contributed by atoms with Crippen LogP contribution in [0.1, 0.15) is 50.8 Å². The molecular formula is C16H26N6O2. The Balaban J connectivity index is 1.27. The SMILES string of the molecule is CCn1nnc(C2CCN(C3CC4(CCN(C(=O)O)C4)C3)CC2)n1. The van der Waals surface area contributed by atoms with Crippen molar-refractivity contribution in [3.63, 3.8) is 0 Å². The third-order valence-corrected chi connectivity index (χ3v) is 6.21. The van der Waals surface area contributed by atoms with E-state index in [9.17, 15) is 4.79 Å². The van der Waals surface area contributed by atoms with Gasteiger partial charge in [-0.2, -0.15) is 4.80 Å². The number of aryl methyl sites for hydroxylation is 1. The van der Waals surface area contributed by atoms with Crippen LogP contribution < -0.4 is 0 Å². The summed E-state index contributed by atoms with van der Waals surface area (Å²) in [5.74, 6) is 1.33. The Kier molecular flexibility index (Phi) is 3.94. The highest BCUT2D eigenvalue weighted by Gasteiger charge is 2.51. The van der Waals surface area contributed by atoms with Crippen molar-refractivity contribution >= 4 is 6.09 Å². The molecule has 3 fully saturated rings. The van der Waals surface area contributed by atoms with Gasteiger partial charge in [0.25, 0.3) is 0 Å². The van der Waals surface area contributed by atoms with E-state index in [0.717, 1.165) is 64.1 Å². The highest BCUT2D eigenvalue weighted by atomic mass is 16.4. The maximum absolute atomic E-state index is 11.1. The van der Waals surface area contributed by atoms with Crippen molar-refractivity contribution in [2.45, 2.75) is 57.5 Å². The second kappa shape index (κ2) is 5.98. The molecule has 1 aromatic rings. The molecule has 2 saturated heterocycles. The van der Waals surface area contributed by atoms with Crippen molar-refractivity contribution in [1.29, 1.82) is 0 Å². The molecule has 1 spiro atoms. The van der Waals surface area contributed by atoms with E-state index in [0.29, 0.717) is 18.5 Å². The van der Waals surface area contributed by atoms with Crippen molar-refractivity contribution in [1.82, 2.24) is 30.0 Å². The van der Waals surface area contributed by atoms with Crippen molar-refractivity contribution in [2.24, 2.45) is 5.41 Å². The number of carbonyl (C=O) groups is 1. The van der Waals surface area contributed by atoms with Crippen molar-refractivity contribution < 1.29 is 9.90 Å². The minimum Gasteiger partial charge on any atom is -0.465 e. The molecule has 1 aromatic heterocycles. The van der Waals surface area contributed by atoms with Gasteiger partial charge in [0, 0.05) is 25.0 Å². The number of aromatic nitrogens is 4. The second-order valence-electron chi connectivity index (χ2n) is 7.66. The Morgan fingerprint density at radius 3 is 2.62 bits per heavy atom. The fraction of sp³-hybridized carbons (Fsp3) is 0.875. The van der Waals surface area contributed by atoms with Crippen LogP contribution in [0.4, 0.5) is 4.79 Å². The molecule has 132 valence electrons. The summed E-state index contributed by atoms with van der Waals surface area (Å²) in [6.07, 6.45) is 4.79. The van der Waals surface area contributed by atoms with Gasteiger partial charge in [-0.15, -0.1) is 10.2 Å². The van der Waals surface area contributed by atoms with Crippen molar-refractivity contribution in [2.75, 3.05) is 26.2 Å². The van der Waals surface area contributed by atoms with Gasteiger partial charge < -0.3 is 14.9 Å². The molecule has 1 amide bonds. The van der Waals surface area contributed by atoms with Crippen molar-refractivity contribution in [3.05, 3.63) is 5.82 Å². The number of tetrazole rings is 1. The number of carboxylic acid groups (broad SMARTS) is 1. The summed E-state index contributed by atoms with van der Waals surface area (Å²) in [5, 5.41) is 21.9. The average molecular weight is 334 g/mol. The summed E-state index contributed by atoms with van der Waals surface area (Å²) < 4.78 is 0. The van der Waals surface area contributed by atoms with Crippen LogP contribution in [-0.4, -0.2) is 73.4 Å². The Morgan fingerprint density at radius 1 is 1.29 bits per heavy atom. The van der Waals surface area contributed by atoms with Gasteiger partial charge in [-0.05, 0) is 62.7 Å². The molecule has 24 heavy (non-hydrogen) atoms. The molecule has 3 aliphatic rings. The van der Waals surface area contributed by atoms with E-state index in [1.54, 1.807) is 9.70 Å². The molecule has 0 atom stereocenters. The fourth-order valence-corrected chi connectivity index (χ4v) is 4.71. The number of nitrogens with zero attached hydrogens (tertiary/aromatic N) is 6. The molecule has 1 N–H and O–H groups in total. The predicted molar refractivity (Wildman–Crippen MR) is 86.7 cm³/mol. The van der Waals surface area contributed by atoms with Crippen LogP contribution in [0.3, 0.4) is 0 Å². The third kappa shape index (κ3) is 2.76. The first kappa shape index (κ1) is 15.8. The van der Waals surface area contributed by atoms with E-state index < -0.39 is 6.09 Å². The monoisotopic (exact) mass is 334 g/mol. The van der Waals surface area contributed by atoms with Crippen LogP contribution in [0.2, 0.25) is 0 Å². The lowest BCUT2D eigenvalue weighted by molar-refractivity contribution is -0.00422. The number of rotatable bonds is 3. The zero-order chi connectivity index (χ0) is 16.7. The van der Waals surface area contributed by atoms with E-state index in [1.165, 1.54) is 0 Å². The molecule has 0 aromatic carbocycles. The third-order valence-electron chi connectivity index (χ3n) is 6.21. The second-order valence-corrected chi connectivity index (χ2v) is 7.66. The number of hydrogen-bond acceptors (Lipinski definition) is 5. The van der Waals surface area contributed by atoms with Gasteiger partial charge in [0.2, 0.25) is 0 Å². The highest BCUT2D eigenvalue weighted by Crippen LogP contribution is 2.50. The molecule has 0 bridgehead atoms. The largest absolute Gasteiger partial charge is 0.465 e. The fourth-order valence-electron chi connectivity index (χ4n) is 4.71. The minimum atomic E-state index is -0.760. The van der Waals surface area contributed by atoms with Gasteiger partial charge in [-0.1, -0.05) is 0 Å². The van der Waals surface area contributed by atoms with Crippen LogP contribution in [0.15, 0.2) is 0 Å². The van der Waals surface area contributed by atoms with E-state index in [1.807, 2.05) is 6.92 Å². The van der Waals surface area contributed by atoms with Crippen molar-refractivity contribution in [3.8, 4) is 0 Å². The first-order valence-corrected chi connectivity index (χ1v) is 9.08. The number of likely N-dealkylation sites (tertiary alicyclic amines) is 2. The minimum absolute atomic E-state index is 0.269. The lowest BCUT2D eigenvalue weighted by Crippen LogP contribution is -2.54. The first-order valence-electron chi connectivity index (χ1n) is 9.08. The molecule has 4 rings (SSSR count). The van der Waals surface area contributed by atoms with E-state index in [2.05, 4.69) is 20.3 Å². The van der Waals surface area contributed by atoms with Gasteiger partial charge in [0.15, 0.2) is 5.82 Å². The van der Waals surface area contributed by atoms with Gasteiger partial charge in [0.1, 0.15) is 0 Å². The number of amides is 1. The quantitative estimate of drug-likeness (QED) is 0.899. The molecule has 1 aliphatic carbocycles. The lowest BCUT2D eigenvalue weighted by atomic mass is 9.64. The molecule has 0 radical (unpaired) electrons. The zero-order valence-electron chi connectivity index (χ0n) is 14.3. The van der Waals surface area contributed by atoms with Crippen LogP contribution >= 0.6 is 0 Å². The van der Waals surface area contributed by atoms with E-state index >= 15 is 0 Å². The van der Waals surface area contributed by atoms with Crippen LogP contribution in [-0.2, 0) is 6.54 Å². The molecule has 0 unspecified atom stereocenters. The van der Waals surface area contributed by atoms with Crippen LogP contribution in [0.25, 0.3) is 0 Å². The Labute approximate surface area is 141 Å². The summed E-state index contributed by atoms with van der Waals surface area (Å²) in [7, 11) is 0. The Hall–Kier alpha value is -1.70. The van der Waals surface area contributed by atoms with Crippen LogP contribution in [0.5, 0.6) is 0 Å². The lowest BCUT2D eigenvalue weighted by Gasteiger charge is -2.51. The summed E-state index contributed by atoms with van der Waals surface area (Å²) in [6, 6.07) is 0.638. The number of hydrogen-bond donors (Lipinski definition) is 1. The van der Waals surface area contributed by atoms with Crippen LogP contribution in [0, 0.1) is 5.41 Å². The molecule has 3 heterocycles. The molecule has 1 saturated carbocycles. The average Bonchev–Trinajstić information content (AvgIpc) is 3.21. The summed E-state index contributed by atoms with van der Waals surface area (Å²) in [4.78, 5) is 16.9. The molecular weight excluding hydrogens is 308 g/mol. The zero-order valence-corrected chi connectivity index (χ0v) is 14.3. The number of piperidine rings is 1. The Bertz CT molecular complexity index is 603. The normalized spacial score (nSPS) is 31.5. The standard InChI is InChI=1S/C16H26N6O2/c1-2-22-18-14(17-19-22)12-3-6-20(7-4-12)13-9-16(10-13)5-8-21(11-16)15(23)24/h12-13H,2-11H2,1H3,(H,23,24). The smallest absolute Gasteiger partial charge is 0.407 e. The highest BCUT2D eigenvalue weighted by molar-refractivity contribution is 5.65. The molecule has 2 aliphatic heterocycles. The maximum atomic E-state index is 11.1. The Morgan fingerprint density at radius 2 is 2.04 bits per heavy atom. The molecule has 8 nitrogen and oxygen atoms in total. The van der Waals surface area contributed by atoms with Gasteiger partial charge in [-0.3, -0.25) is 0 Å². The summed E-state index contributed by atoms with van der Waals surface area (Å²) in [5.41, 5.74) is 0.269. The summed E-state index contributed by atoms with van der Waals surface area (Å²) in [6.45, 7) is 6.42. The predicted octanol–water partition coefficient (Wildman–Crippen LogP) is 1.40. The van der Waals surface area contributed by atoms with Gasteiger partial charge >= 0.3 is 6.09 Å². The van der Waals surface area contributed by atoms with E-state index in [4.69, 9.17) is 5.11 Å². The topological polar surface area (TPSA) is 87.4 Å². The maximum Gasteiger partial charge on any atom is 0.407 e. The first-order chi connectivity index (χ1) is 11.6. The summed E-state index contributed by atoms with van der Waals surface area (Å²) >= 11 is 0.